The van der Waals surface area contributed by atoms with Crippen LogP contribution in [0.4, 0.5) is 4.79 Å². The minimum atomic E-state index is -2.20. The van der Waals surface area contributed by atoms with E-state index in [-0.39, 0.29) is 34.9 Å². The average Bonchev–Trinajstić information content (AvgIpc) is 3.20. The number of aromatic carboxylic acids is 1. The number of benzene rings is 1. The van der Waals surface area contributed by atoms with E-state index in [2.05, 4.69) is 38.8 Å². The fourth-order valence-electron chi connectivity index (χ4n) is 4.47. The molecule has 0 spiro atoms. The number of carboxylic acid groups (broad SMARTS) is 1. The van der Waals surface area contributed by atoms with Crippen LogP contribution < -0.4 is 0 Å². The molecule has 8 heteroatoms. The first kappa shape index (κ1) is 28.9. The maximum atomic E-state index is 13.7. The molecule has 1 fully saturated rings. The van der Waals surface area contributed by atoms with Crippen molar-refractivity contribution >= 4 is 20.4 Å². The van der Waals surface area contributed by atoms with Gasteiger partial charge in [-0.25, -0.2) is 9.59 Å². The first-order valence-electron chi connectivity index (χ1n) is 13.0. The number of hydrogen-bond donors (Lipinski definition) is 1. The van der Waals surface area contributed by atoms with Gasteiger partial charge in [0, 0.05) is 18.4 Å². The maximum Gasteiger partial charge on any atom is 0.410 e. The van der Waals surface area contributed by atoms with Crippen LogP contribution in [0.15, 0.2) is 48.8 Å². The Morgan fingerprint density at radius 1 is 1.08 bits per heavy atom. The third-order valence-electron chi connectivity index (χ3n) is 7.41. The second-order valence-electron chi connectivity index (χ2n) is 12.5. The van der Waals surface area contributed by atoms with Gasteiger partial charge >= 0.3 is 12.1 Å². The number of nitrogens with zero attached hydrogens (tertiary/aromatic N) is 2. The molecule has 1 aromatic carbocycles. The number of amides is 1. The number of likely N-dealkylation sites (tertiary alicyclic amines) is 1. The number of aromatic nitrogens is 1. The Bertz CT molecular complexity index is 1070. The third kappa shape index (κ3) is 7.20. The number of ether oxygens (including phenoxy) is 1. The maximum absolute atomic E-state index is 13.7. The Kier molecular flexibility index (Phi) is 8.54. The predicted molar refractivity (Wildman–Crippen MR) is 147 cm³/mol. The number of hydrogen-bond acceptors (Lipinski definition) is 5. The summed E-state index contributed by atoms with van der Waals surface area (Å²) < 4.78 is 12.9. The van der Waals surface area contributed by atoms with Crippen LogP contribution in [0.3, 0.4) is 0 Å². The second kappa shape index (κ2) is 11.0. The molecule has 7 nitrogen and oxygen atoms in total. The van der Waals surface area contributed by atoms with Crippen LogP contribution >= 0.6 is 0 Å². The minimum Gasteiger partial charge on any atom is -0.478 e. The Morgan fingerprint density at radius 3 is 2.24 bits per heavy atom. The van der Waals surface area contributed by atoms with Crippen LogP contribution in [0.5, 0.6) is 0 Å². The molecule has 1 saturated heterocycles. The van der Waals surface area contributed by atoms with Crippen molar-refractivity contribution in [3.63, 3.8) is 0 Å². The van der Waals surface area contributed by atoms with Gasteiger partial charge in [0.2, 0.25) is 0 Å². The van der Waals surface area contributed by atoms with E-state index in [9.17, 15) is 14.7 Å². The molecule has 0 saturated carbocycles. The van der Waals surface area contributed by atoms with E-state index >= 15 is 0 Å². The molecular formula is C29H42N2O5Si. The van der Waals surface area contributed by atoms with Gasteiger partial charge in [0.05, 0.1) is 17.7 Å². The minimum absolute atomic E-state index is 0.00585. The summed E-state index contributed by atoms with van der Waals surface area (Å²) in [5.74, 6) is -0.954. The monoisotopic (exact) mass is 526 g/mol. The molecule has 1 aromatic heterocycles. The lowest BCUT2D eigenvalue weighted by Gasteiger charge is -2.43. The van der Waals surface area contributed by atoms with Crippen LogP contribution in [-0.2, 0) is 15.6 Å². The average molecular weight is 527 g/mol. The normalized spacial score (nSPS) is 19.5. The summed E-state index contributed by atoms with van der Waals surface area (Å²) >= 11 is 0. The summed E-state index contributed by atoms with van der Waals surface area (Å²) in [5.41, 5.74) is 1.54. The molecular weight excluding hydrogens is 484 g/mol. The van der Waals surface area contributed by atoms with Gasteiger partial charge in [0.15, 0.2) is 8.32 Å². The number of pyridine rings is 1. The van der Waals surface area contributed by atoms with Crippen LogP contribution in [-0.4, -0.2) is 53.1 Å². The van der Waals surface area contributed by atoms with Crippen LogP contribution in [0.1, 0.15) is 82.0 Å². The molecule has 3 rings (SSSR count). The van der Waals surface area contributed by atoms with Crippen molar-refractivity contribution in [2.45, 2.75) is 103 Å². The topological polar surface area (TPSA) is 89.0 Å². The molecule has 0 unspecified atom stereocenters. The van der Waals surface area contributed by atoms with E-state index in [0.717, 1.165) is 24.0 Å². The number of carboxylic acids is 1. The van der Waals surface area contributed by atoms with Gasteiger partial charge in [-0.3, -0.25) is 9.88 Å². The van der Waals surface area contributed by atoms with Crippen molar-refractivity contribution in [3.8, 4) is 0 Å². The molecule has 1 aliphatic heterocycles. The molecule has 0 bridgehead atoms. The largest absolute Gasteiger partial charge is 0.478 e. The quantitative estimate of drug-likeness (QED) is 0.397. The van der Waals surface area contributed by atoms with Gasteiger partial charge in [-0.1, -0.05) is 39.0 Å². The third-order valence-corrected chi connectivity index (χ3v) is 11.9. The zero-order valence-corrected chi connectivity index (χ0v) is 24.4. The Hall–Kier alpha value is -2.71. The molecule has 202 valence electrons. The van der Waals surface area contributed by atoms with E-state index in [1.807, 2.05) is 56.1 Å². The summed E-state index contributed by atoms with van der Waals surface area (Å²) in [6.07, 6.45) is 5.07. The van der Waals surface area contributed by atoms with Crippen molar-refractivity contribution in [1.29, 1.82) is 0 Å². The van der Waals surface area contributed by atoms with Crippen molar-refractivity contribution in [2.75, 3.05) is 0 Å². The fraction of sp³-hybridized carbons (Fsp3) is 0.552. The summed E-state index contributed by atoms with van der Waals surface area (Å²) in [4.78, 5) is 31.2. The summed E-state index contributed by atoms with van der Waals surface area (Å²) in [6.45, 7) is 16.7. The van der Waals surface area contributed by atoms with E-state index in [1.165, 1.54) is 0 Å². The SMILES string of the molecule is CC(C)(C)OC(=O)N1[C@H](Cc2ccc(C(=O)O)cc2)CC[C@@H]1[C@H](O[Si](C)(C)C(C)(C)C)c1cccnc1. The Labute approximate surface area is 222 Å². The van der Waals surface area contributed by atoms with Crippen molar-refractivity contribution < 1.29 is 23.9 Å². The first-order valence-corrected chi connectivity index (χ1v) is 15.9. The predicted octanol–water partition coefficient (Wildman–Crippen LogP) is 6.85. The van der Waals surface area contributed by atoms with E-state index in [1.54, 1.807) is 18.3 Å². The lowest BCUT2D eigenvalue weighted by Crippen LogP contribution is -2.50. The second-order valence-corrected chi connectivity index (χ2v) is 17.2. The molecule has 0 radical (unpaired) electrons. The molecule has 1 N–H and O–H groups in total. The van der Waals surface area contributed by atoms with Crippen LogP contribution in [0, 0.1) is 0 Å². The number of carbonyl (C=O) groups excluding carboxylic acids is 1. The lowest BCUT2D eigenvalue weighted by atomic mass is 10.0. The van der Waals surface area contributed by atoms with Crippen LogP contribution in [0.2, 0.25) is 18.1 Å². The van der Waals surface area contributed by atoms with Crippen molar-refractivity contribution in [2.24, 2.45) is 0 Å². The van der Waals surface area contributed by atoms with Crippen molar-refractivity contribution in [1.82, 2.24) is 9.88 Å². The van der Waals surface area contributed by atoms with E-state index in [0.29, 0.717) is 6.42 Å². The molecule has 1 amide bonds. The molecule has 3 atom stereocenters. The number of rotatable bonds is 7. The summed E-state index contributed by atoms with van der Waals surface area (Å²) in [7, 11) is -2.20. The Morgan fingerprint density at radius 2 is 1.73 bits per heavy atom. The molecule has 2 aromatic rings. The van der Waals surface area contributed by atoms with Gasteiger partial charge in [0.25, 0.3) is 0 Å². The van der Waals surface area contributed by atoms with E-state index in [4.69, 9.17) is 9.16 Å². The fourth-order valence-corrected chi connectivity index (χ4v) is 5.75. The van der Waals surface area contributed by atoms with Gasteiger partial charge in [-0.05, 0) is 87.5 Å². The van der Waals surface area contributed by atoms with E-state index < -0.39 is 19.9 Å². The first-order chi connectivity index (χ1) is 17.1. The standard InChI is InChI=1S/C29H42N2O5Si/c1-28(2,3)35-27(34)31-23(18-20-11-13-21(14-12-20)26(32)33)15-16-24(31)25(22-10-9-17-30-19-22)36-37(7,8)29(4,5)6/h9-14,17,19,23-25H,15-16,18H2,1-8H3,(H,32,33)/t23-,24+,25+/m0/s1. The van der Waals surface area contributed by atoms with Gasteiger partial charge in [0.1, 0.15) is 5.60 Å². The number of carbonyl (C=O) groups is 2. The summed E-state index contributed by atoms with van der Waals surface area (Å²) in [5, 5.41) is 9.25. The van der Waals surface area contributed by atoms with Crippen LogP contribution in [0.25, 0.3) is 0 Å². The Balaban J connectivity index is 1.99. The lowest BCUT2D eigenvalue weighted by molar-refractivity contribution is -0.00244. The molecule has 37 heavy (non-hydrogen) atoms. The summed E-state index contributed by atoms with van der Waals surface area (Å²) in [6, 6.07) is 10.5. The molecule has 0 aliphatic carbocycles. The van der Waals surface area contributed by atoms with Gasteiger partial charge < -0.3 is 14.3 Å². The zero-order chi connectivity index (χ0) is 27.6. The van der Waals surface area contributed by atoms with Gasteiger partial charge in [-0.15, -0.1) is 0 Å². The highest BCUT2D eigenvalue weighted by Crippen LogP contribution is 2.44. The highest BCUT2D eigenvalue weighted by atomic mass is 28.4. The van der Waals surface area contributed by atoms with Gasteiger partial charge in [-0.2, -0.15) is 0 Å². The van der Waals surface area contributed by atoms with Crippen molar-refractivity contribution in [3.05, 3.63) is 65.5 Å². The smallest absolute Gasteiger partial charge is 0.410 e. The molecule has 2 heterocycles. The highest BCUT2D eigenvalue weighted by Gasteiger charge is 2.47. The highest BCUT2D eigenvalue weighted by molar-refractivity contribution is 6.74. The zero-order valence-electron chi connectivity index (χ0n) is 23.4. The molecule has 1 aliphatic rings.